The number of hydrogen-bond donors (Lipinski definition) is 3. The predicted octanol–water partition coefficient (Wildman–Crippen LogP) is 2.93. The van der Waals surface area contributed by atoms with Gasteiger partial charge in [-0.15, -0.1) is 0 Å². The molecule has 2 atom stereocenters. The van der Waals surface area contributed by atoms with E-state index in [1.54, 1.807) is 17.8 Å². The van der Waals surface area contributed by atoms with Gasteiger partial charge >= 0.3 is 24.8 Å². The molecule has 3 rings (SSSR count). The fraction of sp³-hybridized carbons (Fsp3) is 0.500. The minimum Gasteiger partial charge on any atom is -0.480 e. The molecule has 2 amide bonds. The Morgan fingerprint density at radius 2 is 1.66 bits per heavy atom. The number of aliphatic carboxylic acids is 1. The third kappa shape index (κ3) is 8.93. The fourth-order valence-electron chi connectivity index (χ4n) is 4.93. The van der Waals surface area contributed by atoms with Crippen molar-refractivity contribution in [3.8, 4) is 11.1 Å². The van der Waals surface area contributed by atoms with Crippen molar-refractivity contribution in [1.82, 2.24) is 10.6 Å². The Kier molecular flexibility index (Phi) is 13.5. The van der Waals surface area contributed by atoms with E-state index in [0.29, 0.717) is 23.3 Å². The largest absolute Gasteiger partial charge is 1.00 e. The van der Waals surface area contributed by atoms with Gasteiger partial charge in [0.05, 0.1) is 5.92 Å². The maximum absolute atomic E-state index is 13.3. The maximum Gasteiger partial charge on any atom is 1.00 e. The summed E-state index contributed by atoms with van der Waals surface area (Å²) in [5.41, 5.74) is 3.82. The fourth-order valence-corrected chi connectivity index (χ4v) is 5.41. The van der Waals surface area contributed by atoms with Gasteiger partial charge in [-0.25, -0.2) is 4.79 Å². The Balaban J connectivity index is 0.00000507. The van der Waals surface area contributed by atoms with E-state index >= 15 is 0 Å². The minimum absolute atomic E-state index is 0. The van der Waals surface area contributed by atoms with Crippen LogP contribution in [-0.4, -0.2) is 47.0 Å². The number of nitrogens with one attached hydrogen (secondary N) is 2. The van der Waals surface area contributed by atoms with Crippen LogP contribution in [0, 0.1) is 6.92 Å². The number of aryl methyl sites for hydroxylation is 1. The number of carbonyl (C=O) groups excluding carboxylic acids is 2. The van der Waals surface area contributed by atoms with E-state index in [1.807, 2.05) is 56.5 Å². The molecule has 8 heteroatoms. The number of benzene rings is 2. The Morgan fingerprint density at radius 3 is 2.29 bits per heavy atom. The van der Waals surface area contributed by atoms with Crippen LogP contribution in [0.3, 0.4) is 0 Å². The molecule has 38 heavy (non-hydrogen) atoms. The average molecular weight is 532 g/mol. The van der Waals surface area contributed by atoms with Crippen LogP contribution in [0.1, 0.15) is 85.7 Å². The molecule has 1 fully saturated rings. The molecule has 2 unspecified atom stereocenters. The maximum atomic E-state index is 13.3. The Bertz CT molecular complexity index is 1090. The van der Waals surface area contributed by atoms with Gasteiger partial charge in [-0.2, -0.15) is 11.8 Å². The van der Waals surface area contributed by atoms with E-state index in [-0.39, 0.29) is 36.7 Å². The van der Waals surface area contributed by atoms with Gasteiger partial charge in [0.1, 0.15) is 6.04 Å². The summed E-state index contributed by atoms with van der Waals surface area (Å²) in [5.74, 6) is -1.21. The van der Waals surface area contributed by atoms with Gasteiger partial charge in [-0.05, 0) is 79.5 Å². The summed E-state index contributed by atoms with van der Waals surface area (Å²) < 4.78 is 0. The monoisotopic (exact) mass is 531 g/mol. The molecule has 6 nitrogen and oxygen atoms in total. The molecule has 0 saturated heterocycles. The molecule has 3 N–H and O–H groups in total. The van der Waals surface area contributed by atoms with E-state index in [4.69, 9.17) is 0 Å². The van der Waals surface area contributed by atoms with Crippen LogP contribution < -0.4 is 29.5 Å². The molecule has 0 aliphatic heterocycles. The Morgan fingerprint density at radius 1 is 1.00 bits per heavy atom. The quantitative estimate of drug-likeness (QED) is 0.410. The molecule has 0 heterocycles. The van der Waals surface area contributed by atoms with Gasteiger partial charge in [-0.3, -0.25) is 9.59 Å². The number of amides is 2. The number of carboxylic acids is 1. The zero-order chi connectivity index (χ0) is 26.8. The second-order valence-electron chi connectivity index (χ2n) is 10.0. The average Bonchev–Trinajstić information content (AvgIpc) is 2.87. The van der Waals surface area contributed by atoms with Crippen molar-refractivity contribution < 1.29 is 38.4 Å². The second kappa shape index (κ2) is 16.0. The van der Waals surface area contributed by atoms with Crippen LogP contribution in [0.5, 0.6) is 0 Å². The van der Waals surface area contributed by atoms with Crippen molar-refractivity contribution in [3.05, 3.63) is 59.2 Å². The SMILES string of the molecule is CSCCC(NC(=O)c1ccc(C(C)C(=O)NC2CCCCCCC2)cc1-c1ccccc1C)C(=O)O.[Li+]. The standard InChI is InChI=1S/C30H40N2O4S.Li/c1-20-11-9-10-14-24(20)26-19-22(21(2)28(33)31-23-12-7-5-4-6-8-13-23)15-16-25(26)29(34)32-27(30(35)36)17-18-37-3;/h9-11,14-16,19,21,23,27H,4-8,12-13,17-18H2,1-3H3,(H,31,33)(H,32,34)(H,35,36);/q;+1. The van der Waals surface area contributed by atoms with Gasteiger partial charge in [0.2, 0.25) is 5.91 Å². The Labute approximate surface area is 243 Å². The Hall–Kier alpha value is -2.20. The van der Waals surface area contributed by atoms with Gasteiger partial charge in [0.15, 0.2) is 0 Å². The van der Waals surface area contributed by atoms with Crippen molar-refractivity contribution in [2.45, 2.75) is 83.2 Å². The van der Waals surface area contributed by atoms with Crippen LogP contribution >= 0.6 is 11.8 Å². The van der Waals surface area contributed by atoms with Gasteiger partial charge in [0.25, 0.3) is 5.91 Å². The summed E-state index contributed by atoms with van der Waals surface area (Å²) in [5, 5.41) is 15.6. The van der Waals surface area contributed by atoms with Crippen molar-refractivity contribution in [3.63, 3.8) is 0 Å². The predicted molar refractivity (Wildman–Crippen MR) is 151 cm³/mol. The first-order valence-corrected chi connectivity index (χ1v) is 14.7. The van der Waals surface area contributed by atoms with Crippen molar-refractivity contribution in [2.75, 3.05) is 12.0 Å². The van der Waals surface area contributed by atoms with Gasteiger partial charge < -0.3 is 15.7 Å². The molecule has 2 aromatic carbocycles. The normalized spacial score (nSPS) is 15.8. The first kappa shape index (κ1) is 32.0. The molecular formula is C30H40LiN2O4S+. The third-order valence-electron chi connectivity index (χ3n) is 7.28. The second-order valence-corrected chi connectivity index (χ2v) is 11.0. The molecule has 1 saturated carbocycles. The summed E-state index contributed by atoms with van der Waals surface area (Å²) in [6, 6.07) is 12.5. The summed E-state index contributed by atoms with van der Waals surface area (Å²) in [7, 11) is 0. The van der Waals surface area contributed by atoms with E-state index in [9.17, 15) is 19.5 Å². The van der Waals surface area contributed by atoms with Crippen LogP contribution in [0.4, 0.5) is 0 Å². The van der Waals surface area contributed by atoms with Gasteiger partial charge in [0, 0.05) is 11.6 Å². The molecule has 1 aliphatic rings. The van der Waals surface area contributed by atoms with E-state index in [0.717, 1.165) is 42.4 Å². The van der Waals surface area contributed by atoms with Crippen molar-refractivity contribution in [2.24, 2.45) is 0 Å². The summed E-state index contributed by atoms with van der Waals surface area (Å²) in [6.07, 6.45) is 10.3. The topological polar surface area (TPSA) is 95.5 Å². The first-order valence-electron chi connectivity index (χ1n) is 13.3. The zero-order valence-corrected chi connectivity index (χ0v) is 24.0. The zero-order valence-electron chi connectivity index (χ0n) is 23.2. The summed E-state index contributed by atoms with van der Waals surface area (Å²) >= 11 is 1.54. The number of rotatable bonds is 10. The molecule has 0 spiro atoms. The van der Waals surface area contributed by atoms with Crippen LogP contribution in [0.2, 0.25) is 0 Å². The van der Waals surface area contributed by atoms with Crippen LogP contribution in [-0.2, 0) is 9.59 Å². The number of carbonyl (C=O) groups is 3. The molecule has 0 radical (unpaired) electrons. The van der Waals surface area contributed by atoms with E-state index < -0.39 is 17.9 Å². The number of carboxylic acid groups (broad SMARTS) is 1. The van der Waals surface area contributed by atoms with Gasteiger partial charge in [-0.1, -0.05) is 62.4 Å². The smallest absolute Gasteiger partial charge is 0.480 e. The molecule has 0 aromatic heterocycles. The van der Waals surface area contributed by atoms with Crippen molar-refractivity contribution >= 4 is 29.5 Å². The number of hydrogen-bond acceptors (Lipinski definition) is 4. The van der Waals surface area contributed by atoms with E-state index in [2.05, 4.69) is 10.6 Å². The van der Waals surface area contributed by atoms with E-state index in [1.165, 1.54) is 19.3 Å². The molecule has 1 aliphatic carbocycles. The molecular weight excluding hydrogens is 491 g/mol. The number of thioether (sulfide) groups is 1. The minimum atomic E-state index is -1.05. The van der Waals surface area contributed by atoms with Crippen LogP contribution in [0.15, 0.2) is 42.5 Å². The molecule has 2 aromatic rings. The third-order valence-corrected chi connectivity index (χ3v) is 7.93. The molecule has 0 bridgehead atoms. The summed E-state index contributed by atoms with van der Waals surface area (Å²) in [4.78, 5) is 38.2. The first-order chi connectivity index (χ1) is 17.8. The molecule has 200 valence electrons. The summed E-state index contributed by atoms with van der Waals surface area (Å²) in [6.45, 7) is 3.88. The van der Waals surface area contributed by atoms with Crippen molar-refractivity contribution in [1.29, 1.82) is 0 Å². The van der Waals surface area contributed by atoms with Crippen LogP contribution in [0.25, 0.3) is 11.1 Å².